The number of rotatable bonds is 4. The molecule has 0 aliphatic heterocycles. The fraction of sp³-hybridized carbons (Fsp3) is 0.0526. The molecule has 134 valence electrons. The van der Waals surface area contributed by atoms with Crippen LogP contribution in [0.1, 0.15) is 15.9 Å². The van der Waals surface area contributed by atoms with Crippen molar-refractivity contribution in [1.82, 2.24) is 15.0 Å². The Morgan fingerprint density at radius 2 is 1.89 bits per heavy atom. The molecule has 27 heavy (non-hydrogen) atoms. The zero-order chi connectivity index (χ0) is 19.0. The number of pyridine rings is 1. The number of nitrogens with zero attached hydrogens (tertiary/aromatic N) is 2. The third kappa shape index (κ3) is 2.86. The lowest BCUT2D eigenvalue weighted by Gasteiger charge is -2.08. The van der Waals surface area contributed by atoms with Gasteiger partial charge in [0.05, 0.1) is 16.2 Å². The zero-order valence-electron chi connectivity index (χ0n) is 13.9. The Hall–Kier alpha value is -3.81. The summed E-state index contributed by atoms with van der Waals surface area (Å²) in [7, 11) is 0. The van der Waals surface area contributed by atoms with Crippen LogP contribution in [0.4, 0.5) is 4.39 Å². The SMILES string of the molecule is O=NNC(=O)c1ccc(Cn2c3ccc(F)cc3c3c(=O)[nH]ccc32)cc1. The van der Waals surface area contributed by atoms with E-state index in [1.807, 2.05) is 9.99 Å². The number of fused-ring (bicyclic) bond motifs is 3. The topological polar surface area (TPSA) is 96.3 Å². The van der Waals surface area contributed by atoms with Crippen LogP contribution in [0, 0.1) is 10.7 Å². The minimum absolute atomic E-state index is 0.282. The van der Waals surface area contributed by atoms with Crippen molar-refractivity contribution in [2.45, 2.75) is 6.54 Å². The fourth-order valence-corrected chi connectivity index (χ4v) is 3.25. The summed E-state index contributed by atoms with van der Waals surface area (Å²) in [6.07, 6.45) is 1.55. The number of amides is 1. The Kier molecular flexibility index (Phi) is 4.00. The molecule has 0 spiro atoms. The predicted molar refractivity (Wildman–Crippen MR) is 98.8 cm³/mol. The van der Waals surface area contributed by atoms with Gasteiger partial charge in [0.1, 0.15) is 5.82 Å². The Labute approximate surface area is 151 Å². The first-order valence-electron chi connectivity index (χ1n) is 8.09. The summed E-state index contributed by atoms with van der Waals surface area (Å²) in [5.74, 6) is -1.00. The highest BCUT2D eigenvalue weighted by Crippen LogP contribution is 2.28. The maximum absolute atomic E-state index is 13.7. The second-order valence-corrected chi connectivity index (χ2v) is 6.04. The van der Waals surface area contributed by atoms with Crippen LogP contribution in [-0.2, 0) is 6.54 Å². The number of aromatic amines is 1. The molecular formula is C19H13FN4O3. The largest absolute Gasteiger partial charge is 0.336 e. The Balaban J connectivity index is 1.82. The van der Waals surface area contributed by atoms with E-state index in [9.17, 15) is 18.9 Å². The fourth-order valence-electron chi connectivity index (χ4n) is 3.25. The third-order valence-electron chi connectivity index (χ3n) is 4.45. The number of H-pyrrole nitrogens is 1. The monoisotopic (exact) mass is 364 g/mol. The van der Waals surface area contributed by atoms with Crippen molar-refractivity contribution in [3.05, 3.63) is 86.9 Å². The molecule has 2 N–H and O–H groups in total. The van der Waals surface area contributed by atoms with E-state index in [2.05, 4.69) is 10.3 Å². The number of nitrogens with one attached hydrogen (secondary N) is 2. The van der Waals surface area contributed by atoms with Crippen LogP contribution in [0.2, 0.25) is 0 Å². The Morgan fingerprint density at radius 1 is 1.11 bits per heavy atom. The molecule has 4 rings (SSSR count). The standard InChI is InChI=1S/C19H13FN4O3/c20-13-5-6-15-14(9-13)17-16(7-8-21-19(17)26)24(15)10-11-1-3-12(4-2-11)18(25)22-23-27/h1-9H,10H2,(H,21,26)(H,22,25,27). The van der Waals surface area contributed by atoms with Gasteiger partial charge in [-0.25, -0.2) is 9.82 Å². The van der Waals surface area contributed by atoms with Gasteiger partial charge in [0, 0.05) is 29.2 Å². The lowest BCUT2D eigenvalue weighted by atomic mass is 10.1. The van der Waals surface area contributed by atoms with Crippen molar-refractivity contribution >= 4 is 27.7 Å². The molecule has 2 aromatic carbocycles. The second-order valence-electron chi connectivity index (χ2n) is 6.04. The highest BCUT2D eigenvalue weighted by molar-refractivity contribution is 6.07. The normalized spacial score (nSPS) is 11.0. The lowest BCUT2D eigenvalue weighted by Crippen LogP contribution is -2.16. The number of halogens is 1. The summed E-state index contributed by atoms with van der Waals surface area (Å²) >= 11 is 0. The minimum atomic E-state index is -0.588. The molecule has 0 bridgehead atoms. The van der Waals surface area contributed by atoms with Crippen molar-refractivity contribution in [2.24, 2.45) is 5.29 Å². The van der Waals surface area contributed by atoms with Crippen LogP contribution in [0.15, 0.2) is 64.8 Å². The van der Waals surface area contributed by atoms with Gasteiger partial charge in [-0.05, 0) is 42.0 Å². The van der Waals surface area contributed by atoms with Crippen LogP contribution >= 0.6 is 0 Å². The van der Waals surface area contributed by atoms with E-state index in [4.69, 9.17) is 0 Å². The van der Waals surface area contributed by atoms with Gasteiger partial charge in [0.2, 0.25) is 0 Å². The number of carbonyl (C=O) groups excluding carboxylic acids is 1. The molecule has 4 aromatic rings. The van der Waals surface area contributed by atoms with E-state index >= 15 is 0 Å². The zero-order valence-corrected chi connectivity index (χ0v) is 13.9. The van der Waals surface area contributed by atoms with E-state index in [0.29, 0.717) is 28.4 Å². The van der Waals surface area contributed by atoms with Crippen molar-refractivity contribution in [3.8, 4) is 0 Å². The lowest BCUT2D eigenvalue weighted by molar-refractivity contribution is 0.0954. The number of nitroso groups, excluding NO2 is 1. The summed E-state index contributed by atoms with van der Waals surface area (Å²) in [4.78, 5) is 36.6. The molecule has 0 aliphatic rings. The van der Waals surface area contributed by atoms with Gasteiger partial charge >= 0.3 is 0 Å². The Morgan fingerprint density at radius 3 is 2.63 bits per heavy atom. The first-order chi connectivity index (χ1) is 13.1. The summed E-state index contributed by atoms with van der Waals surface area (Å²) in [5.41, 5.74) is 4.15. The summed E-state index contributed by atoms with van der Waals surface area (Å²) in [6.45, 7) is 0.420. The molecule has 0 unspecified atom stereocenters. The molecule has 8 heteroatoms. The maximum atomic E-state index is 13.7. The molecular weight excluding hydrogens is 351 g/mol. The number of aromatic nitrogens is 2. The second kappa shape index (κ2) is 6.49. The van der Waals surface area contributed by atoms with Crippen LogP contribution in [0.3, 0.4) is 0 Å². The third-order valence-corrected chi connectivity index (χ3v) is 4.45. The van der Waals surface area contributed by atoms with Gasteiger partial charge in [-0.1, -0.05) is 12.1 Å². The van der Waals surface area contributed by atoms with Gasteiger partial charge in [-0.3, -0.25) is 9.59 Å². The number of benzene rings is 2. The van der Waals surface area contributed by atoms with Crippen molar-refractivity contribution in [2.75, 3.05) is 0 Å². The van der Waals surface area contributed by atoms with Crippen LogP contribution in [0.5, 0.6) is 0 Å². The molecule has 0 radical (unpaired) electrons. The van der Waals surface area contributed by atoms with Gasteiger partial charge in [0.15, 0.2) is 0 Å². The van der Waals surface area contributed by atoms with E-state index in [0.717, 1.165) is 11.1 Å². The molecule has 2 aromatic heterocycles. The number of hydrogen-bond donors (Lipinski definition) is 2. The minimum Gasteiger partial charge on any atom is -0.336 e. The molecule has 0 atom stereocenters. The van der Waals surface area contributed by atoms with Crippen molar-refractivity contribution in [1.29, 1.82) is 0 Å². The maximum Gasteiger partial charge on any atom is 0.273 e. The predicted octanol–water partition coefficient (Wildman–Crippen LogP) is 3.08. The molecule has 7 nitrogen and oxygen atoms in total. The smallest absolute Gasteiger partial charge is 0.273 e. The van der Waals surface area contributed by atoms with Crippen molar-refractivity contribution in [3.63, 3.8) is 0 Å². The average Bonchev–Trinajstić information content (AvgIpc) is 2.97. The molecule has 1 amide bonds. The first-order valence-corrected chi connectivity index (χ1v) is 8.09. The Bertz CT molecular complexity index is 1240. The average molecular weight is 364 g/mol. The quantitative estimate of drug-likeness (QED) is 0.430. The molecule has 0 fully saturated rings. The van der Waals surface area contributed by atoms with Gasteiger partial charge in [-0.15, -0.1) is 4.91 Å². The number of carbonyl (C=O) groups is 1. The van der Waals surface area contributed by atoms with Crippen LogP contribution in [0.25, 0.3) is 21.8 Å². The van der Waals surface area contributed by atoms with Gasteiger partial charge in [0.25, 0.3) is 11.5 Å². The van der Waals surface area contributed by atoms with E-state index < -0.39 is 11.7 Å². The first kappa shape index (κ1) is 16.6. The van der Waals surface area contributed by atoms with Gasteiger partial charge < -0.3 is 9.55 Å². The van der Waals surface area contributed by atoms with Crippen molar-refractivity contribution < 1.29 is 9.18 Å². The van der Waals surface area contributed by atoms with E-state index in [1.165, 1.54) is 12.1 Å². The highest BCUT2D eigenvalue weighted by Gasteiger charge is 2.14. The molecule has 0 aliphatic carbocycles. The summed E-state index contributed by atoms with van der Waals surface area (Å²) in [5, 5.41) is 3.33. The summed E-state index contributed by atoms with van der Waals surface area (Å²) in [6, 6.07) is 12.8. The van der Waals surface area contributed by atoms with Gasteiger partial charge in [-0.2, -0.15) is 0 Å². The molecule has 0 saturated carbocycles. The number of hydrogen-bond acceptors (Lipinski definition) is 4. The van der Waals surface area contributed by atoms with Crippen LogP contribution in [-0.4, -0.2) is 15.5 Å². The van der Waals surface area contributed by atoms with Crippen LogP contribution < -0.4 is 11.0 Å². The summed E-state index contributed by atoms with van der Waals surface area (Å²) < 4.78 is 15.6. The molecule has 0 saturated heterocycles. The van der Waals surface area contributed by atoms with E-state index in [-0.39, 0.29) is 5.56 Å². The molecule has 2 heterocycles. The van der Waals surface area contributed by atoms with E-state index in [1.54, 1.807) is 42.6 Å². The highest BCUT2D eigenvalue weighted by atomic mass is 19.1.